The van der Waals surface area contributed by atoms with Gasteiger partial charge in [0.25, 0.3) is 0 Å². The van der Waals surface area contributed by atoms with E-state index in [-0.39, 0.29) is 11.4 Å². The molecule has 1 aromatic heterocycles. The minimum absolute atomic E-state index is 0.245. The van der Waals surface area contributed by atoms with Gasteiger partial charge in [-0.3, -0.25) is 0 Å². The number of rotatable bonds is 2. The van der Waals surface area contributed by atoms with E-state index in [1.54, 1.807) is 35.4 Å². The Morgan fingerprint density at radius 3 is 2.63 bits per heavy atom. The van der Waals surface area contributed by atoms with E-state index in [0.29, 0.717) is 5.69 Å². The van der Waals surface area contributed by atoms with Gasteiger partial charge < -0.3 is 10.3 Å². The molecule has 19 heavy (non-hydrogen) atoms. The molecule has 3 nitrogen and oxygen atoms in total. The van der Waals surface area contributed by atoms with Gasteiger partial charge in [0.15, 0.2) is 0 Å². The number of halogens is 1. The zero-order valence-corrected chi connectivity index (χ0v) is 10.8. The smallest absolute Gasteiger partial charge is 0.147 e. The highest BCUT2D eigenvalue weighted by Gasteiger charge is 2.29. The van der Waals surface area contributed by atoms with Crippen molar-refractivity contribution < 1.29 is 4.39 Å². The van der Waals surface area contributed by atoms with Crippen LogP contribution in [0.2, 0.25) is 0 Å². The second-order valence-electron chi connectivity index (χ2n) is 5.35. The third kappa shape index (κ3) is 2.28. The van der Waals surface area contributed by atoms with Crippen molar-refractivity contribution in [1.82, 2.24) is 9.55 Å². The van der Waals surface area contributed by atoms with Gasteiger partial charge in [-0.2, -0.15) is 0 Å². The van der Waals surface area contributed by atoms with Crippen LogP contribution in [-0.4, -0.2) is 9.55 Å². The average Bonchev–Trinajstić information content (AvgIpc) is 2.93. The van der Waals surface area contributed by atoms with Gasteiger partial charge in [-0.1, -0.05) is 25.3 Å². The van der Waals surface area contributed by atoms with Crippen molar-refractivity contribution in [1.29, 1.82) is 0 Å². The Bertz CT molecular complexity index is 557. The van der Waals surface area contributed by atoms with Crippen molar-refractivity contribution in [2.45, 2.75) is 37.6 Å². The first-order valence-electron chi connectivity index (χ1n) is 6.76. The molecule has 1 aliphatic carbocycles. The lowest BCUT2D eigenvalue weighted by Crippen LogP contribution is -2.38. The molecule has 0 unspecified atom stereocenters. The Labute approximate surface area is 112 Å². The number of benzene rings is 1. The molecular formula is C15H18FN3. The fourth-order valence-corrected chi connectivity index (χ4v) is 2.90. The van der Waals surface area contributed by atoms with Crippen molar-refractivity contribution in [3.63, 3.8) is 0 Å². The van der Waals surface area contributed by atoms with Crippen LogP contribution in [0.5, 0.6) is 0 Å². The molecule has 0 amide bonds. The summed E-state index contributed by atoms with van der Waals surface area (Å²) in [5.74, 6) is -0.245. The number of aromatic nitrogens is 2. The third-order valence-electron chi connectivity index (χ3n) is 4.05. The lowest BCUT2D eigenvalue weighted by atomic mass is 9.77. The van der Waals surface area contributed by atoms with E-state index >= 15 is 0 Å². The van der Waals surface area contributed by atoms with Crippen LogP contribution in [0.3, 0.4) is 0 Å². The van der Waals surface area contributed by atoms with Crippen molar-refractivity contribution >= 4 is 0 Å². The molecule has 1 aromatic carbocycles. The lowest BCUT2D eigenvalue weighted by molar-refractivity contribution is 0.301. The van der Waals surface area contributed by atoms with E-state index in [2.05, 4.69) is 4.98 Å². The Morgan fingerprint density at radius 1 is 1.21 bits per heavy atom. The summed E-state index contributed by atoms with van der Waals surface area (Å²) in [5, 5.41) is 0. The maximum Gasteiger partial charge on any atom is 0.147 e. The van der Waals surface area contributed by atoms with Crippen LogP contribution in [0.4, 0.5) is 4.39 Å². The van der Waals surface area contributed by atoms with Gasteiger partial charge in [0.1, 0.15) is 5.82 Å². The molecule has 0 radical (unpaired) electrons. The SMILES string of the molecule is NC1(c2ccc(-n3ccnc3)c(F)c2)CCCCC1. The summed E-state index contributed by atoms with van der Waals surface area (Å²) in [6, 6.07) is 5.32. The fourth-order valence-electron chi connectivity index (χ4n) is 2.90. The normalized spacial score (nSPS) is 18.4. The van der Waals surface area contributed by atoms with Crippen molar-refractivity contribution in [3.05, 3.63) is 48.3 Å². The quantitative estimate of drug-likeness (QED) is 0.900. The molecular weight excluding hydrogens is 241 g/mol. The van der Waals surface area contributed by atoms with Gasteiger partial charge in [-0.05, 0) is 30.5 Å². The molecule has 2 aromatic rings. The van der Waals surface area contributed by atoms with E-state index in [0.717, 1.165) is 31.2 Å². The molecule has 0 saturated heterocycles. The van der Waals surface area contributed by atoms with Crippen LogP contribution >= 0.6 is 0 Å². The van der Waals surface area contributed by atoms with E-state index in [4.69, 9.17) is 5.73 Å². The molecule has 0 atom stereocenters. The summed E-state index contributed by atoms with van der Waals surface area (Å²) in [6.45, 7) is 0. The van der Waals surface area contributed by atoms with Gasteiger partial charge in [0.05, 0.1) is 12.0 Å². The first-order chi connectivity index (χ1) is 9.19. The third-order valence-corrected chi connectivity index (χ3v) is 4.05. The topological polar surface area (TPSA) is 43.8 Å². The molecule has 3 rings (SSSR count). The molecule has 1 fully saturated rings. The largest absolute Gasteiger partial charge is 0.321 e. The van der Waals surface area contributed by atoms with E-state index < -0.39 is 0 Å². The lowest BCUT2D eigenvalue weighted by Gasteiger charge is -2.34. The van der Waals surface area contributed by atoms with Crippen LogP contribution < -0.4 is 5.73 Å². The van der Waals surface area contributed by atoms with Crippen molar-refractivity contribution in [3.8, 4) is 5.69 Å². The van der Waals surface area contributed by atoms with E-state index in [1.807, 2.05) is 6.07 Å². The van der Waals surface area contributed by atoms with Crippen molar-refractivity contribution in [2.24, 2.45) is 5.73 Å². The molecule has 0 spiro atoms. The first-order valence-corrected chi connectivity index (χ1v) is 6.76. The monoisotopic (exact) mass is 259 g/mol. The number of nitrogens with zero attached hydrogens (tertiary/aromatic N) is 2. The number of hydrogen-bond donors (Lipinski definition) is 1. The summed E-state index contributed by atoms with van der Waals surface area (Å²) < 4.78 is 15.9. The molecule has 4 heteroatoms. The zero-order chi connectivity index (χ0) is 13.3. The van der Waals surface area contributed by atoms with Crippen LogP contribution in [0.15, 0.2) is 36.9 Å². The summed E-state index contributed by atoms with van der Waals surface area (Å²) in [7, 11) is 0. The molecule has 0 bridgehead atoms. The van der Waals surface area contributed by atoms with Crippen molar-refractivity contribution in [2.75, 3.05) is 0 Å². The minimum Gasteiger partial charge on any atom is -0.321 e. The molecule has 0 aliphatic heterocycles. The minimum atomic E-state index is -0.355. The fraction of sp³-hybridized carbons (Fsp3) is 0.400. The first kappa shape index (κ1) is 12.4. The summed E-state index contributed by atoms with van der Waals surface area (Å²) in [5.41, 5.74) is 7.50. The van der Waals surface area contributed by atoms with Crippen LogP contribution in [0.1, 0.15) is 37.7 Å². The van der Waals surface area contributed by atoms with Crippen LogP contribution in [0.25, 0.3) is 5.69 Å². The van der Waals surface area contributed by atoms with Gasteiger partial charge in [-0.15, -0.1) is 0 Å². The number of nitrogens with two attached hydrogens (primary N) is 1. The summed E-state index contributed by atoms with van der Waals surface area (Å²) in [4.78, 5) is 3.94. The van der Waals surface area contributed by atoms with Gasteiger partial charge in [0, 0.05) is 17.9 Å². The predicted molar refractivity (Wildman–Crippen MR) is 72.5 cm³/mol. The Morgan fingerprint density at radius 2 is 2.00 bits per heavy atom. The maximum atomic E-state index is 14.2. The molecule has 1 aliphatic rings. The van der Waals surface area contributed by atoms with Crippen LogP contribution in [0, 0.1) is 5.82 Å². The van der Waals surface area contributed by atoms with E-state index in [1.165, 1.54) is 6.42 Å². The highest BCUT2D eigenvalue weighted by Crippen LogP contribution is 2.35. The summed E-state index contributed by atoms with van der Waals surface area (Å²) in [6.07, 6.45) is 10.3. The van der Waals surface area contributed by atoms with Gasteiger partial charge >= 0.3 is 0 Å². The zero-order valence-electron chi connectivity index (χ0n) is 10.8. The Kier molecular flexibility index (Phi) is 3.11. The highest BCUT2D eigenvalue weighted by molar-refractivity contribution is 5.39. The maximum absolute atomic E-state index is 14.2. The summed E-state index contributed by atoms with van der Waals surface area (Å²) >= 11 is 0. The number of hydrogen-bond acceptors (Lipinski definition) is 2. The molecule has 100 valence electrons. The van der Waals surface area contributed by atoms with E-state index in [9.17, 15) is 4.39 Å². The molecule has 1 heterocycles. The second-order valence-corrected chi connectivity index (χ2v) is 5.35. The molecule has 1 saturated carbocycles. The Balaban J connectivity index is 1.95. The highest BCUT2D eigenvalue weighted by atomic mass is 19.1. The predicted octanol–water partition coefficient (Wildman–Crippen LogP) is 3.13. The second kappa shape index (κ2) is 4.78. The Hall–Kier alpha value is -1.68. The van der Waals surface area contributed by atoms with Gasteiger partial charge in [0.2, 0.25) is 0 Å². The van der Waals surface area contributed by atoms with Gasteiger partial charge in [-0.25, -0.2) is 9.37 Å². The standard InChI is InChI=1S/C15H18FN3/c16-13-10-12(15(17)6-2-1-3-7-15)4-5-14(13)19-9-8-18-11-19/h4-5,8-11H,1-3,6-7,17H2. The average molecular weight is 259 g/mol. The van der Waals surface area contributed by atoms with Crippen LogP contribution in [-0.2, 0) is 5.54 Å². The number of imidazole rings is 1. The molecule has 2 N–H and O–H groups in total.